The number of carbonyl (C=O) groups is 2. The maximum atomic E-state index is 12.7. The van der Waals surface area contributed by atoms with Gasteiger partial charge in [-0.2, -0.15) is 4.98 Å². The molecule has 10 nitrogen and oxygen atoms in total. The molecule has 5 rings (SSSR count). The molecule has 0 radical (unpaired) electrons. The summed E-state index contributed by atoms with van der Waals surface area (Å²) in [7, 11) is 1.36. The van der Waals surface area contributed by atoms with Crippen LogP contribution >= 0.6 is 0 Å². The Hall–Kier alpha value is -4.99. The van der Waals surface area contributed by atoms with Crippen molar-refractivity contribution < 1.29 is 23.8 Å². The van der Waals surface area contributed by atoms with Gasteiger partial charge < -0.3 is 24.4 Å². The molecule has 1 fully saturated rings. The van der Waals surface area contributed by atoms with Gasteiger partial charge >= 0.3 is 12.0 Å². The highest BCUT2D eigenvalue weighted by atomic mass is 16.5. The summed E-state index contributed by atoms with van der Waals surface area (Å²) in [5, 5.41) is 2.82. The van der Waals surface area contributed by atoms with Crippen LogP contribution in [0.4, 0.5) is 11.5 Å². The zero-order chi connectivity index (χ0) is 27.7. The first-order valence-corrected chi connectivity index (χ1v) is 13.0. The van der Waals surface area contributed by atoms with Crippen LogP contribution in [0.2, 0.25) is 0 Å². The van der Waals surface area contributed by atoms with Crippen LogP contribution in [0.3, 0.4) is 0 Å². The van der Waals surface area contributed by atoms with E-state index in [9.17, 15) is 9.59 Å². The Bertz CT molecular complexity index is 1420. The van der Waals surface area contributed by atoms with Crippen molar-refractivity contribution >= 4 is 23.4 Å². The number of hydrogen-bond acceptors (Lipinski definition) is 9. The van der Waals surface area contributed by atoms with Gasteiger partial charge in [-0.1, -0.05) is 18.2 Å². The molecule has 0 unspecified atom stereocenters. The largest absolute Gasteiger partial charge is 0.493 e. The summed E-state index contributed by atoms with van der Waals surface area (Å²) in [4.78, 5) is 39.4. The molecule has 2 aromatic carbocycles. The molecule has 1 aliphatic rings. The molecule has 0 spiro atoms. The van der Waals surface area contributed by atoms with E-state index in [4.69, 9.17) is 14.2 Å². The molecule has 1 aliphatic heterocycles. The third-order valence-corrected chi connectivity index (χ3v) is 6.52. The summed E-state index contributed by atoms with van der Waals surface area (Å²) in [5.41, 5.74) is 1.26. The van der Waals surface area contributed by atoms with Gasteiger partial charge in [0.2, 0.25) is 0 Å². The zero-order valence-electron chi connectivity index (χ0n) is 22.0. The van der Waals surface area contributed by atoms with Crippen molar-refractivity contribution in [2.24, 2.45) is 5.92 Å². The number of nitrogens with zero attached hydrogens (tertiary/aromatic N) is 4. The smallest absolute Gasteiger partial charge is 0.337 e. The molecule has 1 N–H and O–H groups in total. The Morgan fingerprint density at radius 2 is 1.70 bits per heavy atom. The van der Waals surface area contributed by atoms with Crippen LogP contribution in [0.15, 0.2) is 85.2 Å². The summed E-state index contributed by atoms with van der Waals surface area (Å²) < 4.78 is 16.3. The quantitative estimate of drug-likeness (QED) is 0.293. The van der Waals surface area contributed by atoms with Gasteiger partial charge in [0.15, 0.2) is 0 Å². The summed E-state index contributed by atoms with van der Waals surface area (Å²) in [6.07, 6.45) is 5.07. The number of esters is 1. The number of nitrogens with one attached hydrogen (secondary N) is 1. The minimum Gasteiger partial charge on any atom is -0.493 e. The van der Waals surface area contributed by atoms with Gasteiger partial charge in [-0.15, -0.1) is 0 Å². The molecule has 204 valence electrons. The van der Waals surface area contributed by atoms with Crippen LogP contribution in [-0.4, -0.2) is 53.6 Å². The zero-order valence-corrected chi connectivity index (χ0v) is 22.0. The summed E-state index contributed by atoms with van der Waals surface area (Å²) in [6.45, 7) is 2.34. The van der Waals surface area contributed by atoms with Crippen molar-refractivity contribution in [1.29, 1.82) is 0 Å². The van der Waals surface area contributed by atoms with E-state index in [2.05, 4.69) is 25.2 Å². The Kier molecular flexibility index (Phi) is 8.45. The van der Waals surface area contributed by atoms with Crippen molar-refractivity contribution in [1.82, 2.24) is 15.0 Å². The van der Waals surface area contributed by atoms with Crippen molar-refractivity contribution in [3.05, 3.63) is 96.4 Å². The highest BCUT2D eigenvalue weighted by molar-refractivity contribution is 6.02. The third-order valence-electron chi connectivity index (χ3n) is 6.52. The van der Waals surface area contributed by atoms with Gasteiger partial charge in [-0.3, -0.25) is 4.79 Å². The number of pyridine rings is 1. The van der Waals surface area contributed by atoms with Crippen LogP contribution in [0.5, 0.6) is 17.5 Å². The van der Waals surface area contributed by atoms with Gasteiger partial charge in [0.05, 0.1) is 31.2 Å². The van der Waals surface area contributed by atoms with Gasteiger partial charge in [0.25, 0.3) is 5.91 Å². The van der Waals surface area contributed by atoms with E-state index in [-0.39, 0.29) is 23.6 Å². The number of ether oxygens (including phenoxy) is 3. The second kappa shape index (κ2) is 12.7. The van der Waals surface area contributed by atoms with Crippen molar-refractivity contribution in [2.45, 2.75) is 12.8 Å². The third kappa shape index (κ3) is 6.90. The standard InChI is InChI=1S/C30H29N5O5/c1-38-29(37)22-7-10-24(11-8-22)39-20-21-14-17-35(18-15-21)27-12-9-23(19-32-27)33-28(36)26-13-16-31-30(34-26)40-25-5-3-2-4-6-25/h2-13,16,19,21H,14-15,17-18,20H2,1H3,(H,33,36). The summed E-state index contributed by atoms with van der Waals surface area (Å²) in [5.74, 6) is 1.86. The molecule has 10 heteroatoms. The Labute approximate surface area is 232 Å². The summed E-state index contributed by atoms with van der Waals surface area (Å²) in [6, 6.07) is 21.5. The molecular formula is C30H29N5O5. The highest BCUT2D eigenvalue weighted by Gasteiger charge is 2.21. The SMILES string of the molecule is COC(=O)c1ccc(OCC2CCN(c3ccc(NC(=O)c4ccnc(Oc5ccccc5)n4)cn3)CC2)cc1. The number of methoxy groups -OCH3 is 1. The number of carbonyl (C=O) groups excluding carboxylic acids is 2. The molecule has 0 bridgehead atoms. The van der Waals surface area contributed by atoms with E-state index in [0.29, 0.717) is 29.5 Å². The molecule has 3 heterocycles. The van der Waals surface area contributed by atoms with Crippen LogP contribution < -0.4 is 19.7 Å². The molecule has 4 aromatic rings. The molecular weight excluding hydrogens is 510 g/mol. The van der Waals surface area contributed by atoms with Crippen molar-refractivity contribution in [2.75, 3.05) is 37.0 Å². The van der Waals surface area contributed by atoms with Gasteiger partial charge in [-0.25, -0.2) is 14.8 Å². The number of benzene rings is 2. The molecule has 40 heavy (non-hydrogen) atoms. The number of hydrogen-bond donors (Lipinski definition) is 1. The number of piperidine rings is 1. The molecule has 2 aromatic heterocycles. The fourth-order valence-corrected chi connectivity index (χ4v) is 4.30. The van der Waals surface area contributed by atoms with Crippen LogP contribution in [0.1, 0.15) is 33.7 Å². The van der Waals surface area contributed by atoms with Gasteiger partial charge in [-0.05, 0) is 73.4 Å². The number of anilines is 2. The molecule has 1 saturated heterocycles. The predicted octanol–water partition coefficient (Wildman–Crippen LogP) is 5.00. The first-order valence-electron chi connectivity index (χ1n) is 13.0. The number of rotatable bonds is 9. The summed E-state index contributed by atoms with van der Waals surface area (Å²) >= 11 is 0. The van der Waals surface area contributed by atoms with E-state index >= 15 is 0 Å². The average molecular weight is 540 g/mol. The first kappa shape index (κ1) is 26.6. The molecule has 1 amide bonds. The molecule has 0 atom stereocenters. The lowest BCUT2D eigenvalue weighted by atomic mass is 9.98. The number of para-hydroxylation sites is 1. The van der Waals surface area contributed by atoms with E-state index in [1.165, 1.54) is 19.4 Å². The predicted molar refractivity (Wildman–Crippen MR) is 149 cm³/mol. The molecule has 0 saturated carbocycles. The topological polar surface area (TPSA) is 116 Å². The van der Waals surface area contributed by atoms with Crippen LogP contribution in [0.25, 0.3) is 0 Å². The van der Waals surface area contributed by atoms with Crippen LogP contribution in [-0.2, 0) is 4.74 Å². The van der Waals surface area contributed by atoms with E-state index < -0.39 is 0 Å². The maximum Gasteiger partial charge on any atom is 0.337 e. The van der Waals surface area contributed by atoms with E-state index in [1.807, 2.05) is 30.3 Å². The minimum atomic E-state index is -0.379. The van der Waals surface area contributed by atoms with Gasteiger partial charge in [0, 0.05) is 19.3 Å². The number of aromatic nitrogens is 3. The lowest BCUT2D eigenvalue weighted by molar-refractivity contribution is 0.0600. The normalized spacial score (nSPS) is 13.4. The average Bonchev–Trinajstić information content (AvgIpc) is 3.01. The Morgan fingerprint density at radius 1 is 0.925 bits per heavy atom. The minimum absolute atomic E-state index is 0.0950. The second-order valence-corrected chi connectivity index (χ2v) is 9.26. The van der Waals surface area contributed by atoms with Gasteiger partial charge in [0.1, 0.15) is 23.0 Å². The lowest BCUT2D eigenvalue weighted by Crippen LogP contribution is -2.36. The van der Waals surface area contributed by atoms with Crippen molar-refractivity contribution in [3.8, 4) is 17.5 Å². The maximum absolute atomic E-state index is 12.7. The molecule has 0 aliphatic carbocycles. The highest BCUT2D eigenvalue weighted by Crippen LogP contribution is 2.24. The van der Waals surface area contributed by atoms with E-state index in [0.717, 1.165) is 37.5 Å². The number of amides is 1. The van der Waals surface area contributed by atoms with Crippen molar-refractivity contribution in [3.63, 3.8) is 0 Å². The fraction of sp³-hybridized carbons (Fsp3) is 0.233. The Morgan fingerprint density at radius 3 is 2.40 bits per heavy atom. The monoisotopic (exact) mass is 539 g/mol. The van der Waals surface area contributed by atoms with E-state index in [1.54, 1.807) is 42.6 Å². The second-order valence-electron chi connectivity index (χ2n) is 9.26. The fourth-order valence-electron chi connectivity index (χ4n) is 4.30. The Balaban J connectivity index is 1.09. The van der Waals surface area contributed by atoms with Crippen LogP contribution in [0, 0.1) is 5.92 Å². The first-order chi connectivity index (χ1) is 19.6. The lowest BCUT2D eigenvalue weighted by Gasteiger charge is -2.32.